The number of alkyl halides is 1. The Bertz CT molecular complexity index is 111. The van der Waals surface area contributed by atoms with Crippen molar-refractivity contribution in [3.8, 4) is 0 Å². The molecule has 0 bridgehead atoms. The van der Waals surface area contributed by atoms with Gasteiger partial charge in [0.05, 0.1) is 5.60 Å². The van der Waals surface area contributed by atoms with Crippen molar-refractivity contribution in [2.45, 2.75) is 24.9 Å². The molecule has 0 radical (unpaired) electrons. The van der Waals surface area contributed by atoms with Crippen LogP contribution in [-0.4, -0.2) is 31.3 Å². The van der Waals surface area contributed by atoms with Crippen LogP contribution in [0.25, 0.3) is 0 Å². The lowest BCUT2D eigenvalue weighted by atomic mass is 9.99. The van der Waals surface area contributed by atoms with Crippen molar-refractivity contribution < 1.29 is 9.47 Å². The second-order valence-corrected chi connectivity index (χ2v) is 3.57. The number of rotatable bonds is 4. The Morgan fingerprint density at radius 3 is 2.91 bits per heavy atom. The molecule has 0 aromatic heterocycles. The molecule has 1 saturated heterocycles. The Hall–Kier alpha value is 0.400. The van der Waals surface area contributed by atoms with Gasteiger partial charge in [0.2, 0.25) is 0 Å². The van der Waals surface area contributed by atoms with Crippen molar-refractivity contribution >= 4 is 15.9 Å². The van der Waals surface area contributed by atoms with Gasteiger partial charge in [-0.25, -0.2) is 0 Å². The SMILES string of the molecule is COCCC1(CBr)CCCO1. The largest absolute Gasteiger partial charge is 0.385 e. The van der Waals surface area contributed by atoms with Gasteiger partial charge in [-0.05, 0) is 12.8 Å². The molecule has 3 heteroatoms. The highest BCUT2D eigenvalue weighted by Gasteiger charge is 2.33. The van der Waals surface area contributed by atoms with Crippen molar-refractivity contribution in [1.29, 1.82) is 0 Å². The zero-order valence-corrected chi connectivity index (χ0v) is 8.52. The van der Waals surface area contributed by atoms with Crippen molar-refractivity contribution in [3.63, 3.8) is 0 Å². The molecule has 11 heavy (non-hydrogen) atoms. The topological polar surface area (TPSA) is 18.5 Å². The maximum atomic E-state index is 5.66. The van der Waals surface area contributed by atoms with Crippen LogP contribution in [0.4, 0.5) is 0 Å². The van der Waals surface area contributed by atoms with E-state index in [1.54, 1.807) is 7.11 Å². The highest BCUT2D eigenvalue weighted by Crippen LogP contribution is 2.30. The third-order valence-electron chi connectivity index (χ3n) is 2.19. The highest BCUT2D eigenvalue weighted by atomic mass is 79.9. The van der Waals surface area contributed by atoms with Crippen molar-refractivity contribution in [1.82, 2.24) is 0 Å². The fourth-order valence-electron chi connectivity index (χ4n) is 1.41. The molecule has 0 N–H and O–H groups in total. The second-order valence-electron chi connectivity index (χ2n) is 3.01. The van der Waals surface area contributed by atoms with E-state index in [1.807, 2.05) is 0 Å². The zero-order chi connectivity index (χ0) is 8.16. The number of hydrogen-bond acceptors (Lipinski definition) is 2. The molecule has 0 spiro atoms. The van der Waals surface area contributed by atoms with Crippen LogP contribution in [0.15, 0.2) is 0 Å². The van der Waals surface area contributed by atoms with Gasteiger partial charge >= 0.3 is 0 Å². The van der Waals surface area contributed by atoms with Crippen LogP contribution in [0.3, 0.4) is 0 Å². The molecule has 1 fully saturated rings. The summed E-state index contributed by atoms with van der Waals surface area (Å²) in [6, 6.07) is 0. The number of ether oxygens (including phenoxy) is 2. The van der Waals surface area contributed by atoms with E-state index >= 15 is 0 Å². The van der Waals surface area contributed by atoms with E-state index in [1.165, 1.54) is 12.8 Å². The van der Waals surface area contributed by atoms with Crippen LogP contribution in [0.5, 0.6) is 0 Å². The van der Waals surface area contributed by atoms with E-state index in [0.717, 1.165) is 25.0 Å². The minimum Gasteiger partial charge on any atom is -0.385 e. The van der Waals surface area contributed by atoms with Crippen LogP contribution >= 0.6 is 15.9 Å². The first kappa shape index (κ1) is 9.49. The van der Waals surface area contributed by atoms with Crippen LogP contribution in [0, 0.1) is 0 Å². The molecule has 1 heterocycles. The van der Waals surface area contributed by atoms with E-state index in [-0.39, 0.29) is 5.60 Å². The standard InChI is InChI=1S/C8H15BrO2/c1-10-6-4-8(7-9)3-2-5-11-8/h2-7H2,1H3. The zero-order valence-electron chi connectivity index (χ0n) is 6.94. The van der Waals surface area contributed by atoms with E-state index in [9.17, 15) is 0 Å². The molecule has 1 aliphatic heterocycles. The Morgan fingerprint density at radius 1 is 1.64 bits per heavy atom. The highest BCUT2D eigenvalue weighted by molar-refractivity contribution is 9.09. The first-order chi connectivity index (χ1) is 5.33. The predicted octanol–water partition coefficient (Wildman–Crippen LogP) is 1.97. The Labute approximate surface area is 76.4 Å². The van der Waals surface area contributed by atoms with E-state index in [0.29, 0.717) is 0 Å². The van der Waals surface area contributed by atoms with Crippen LogP contribution in [-0.2, 0) is 9.47 Å². The van der Waals surface area contributed by atoms with Gasteiger partial charge < -0.3 is 9.47 Å². The third kappa shape index (κ3) is 2.42. The van der Waals surface area contributed by atoms with Gasteiger partial charge in [-0.3, -0.25) is 0 Å². The summed E-state index contributed by atoms with van der Waals surface area (Å²) < 4.78 is 10.7. The van der Waals surface area contributed by atoms with Gasteiger partial charge in [-0.2, -0.15) is 0 Å². The molecule has 0 amide bonds. The average Bonchev–Trinajstić information content (AvgIpc) is 2.50. The number of hydrogen-bond donors (Lipinski definition) is 0. The summed E-state index contributed by atoms with van der Waals surface area (Å²) in [5.74, 6) is 0. The lowest BCUT2D eigenvalue weighted by Crippen LogP contribution is -2.31. The summed E-state index contributed by atoms with van der Waals surface area (Å²) in [6.07, 6.45) is 3.37. The maximum absolute atomic E-state index is 5.66. The summed E-state index contributed by atoms with van der Waals surface area (Å²) in [5.41, 5.74) is 0.0794. The number of methoxy groups -OCH3 is 1. The van der Waals surface area contributed by atoms with Crippen LogP contribution in [0.2, 0.25) is 0 Å². The van der Waals surface area contributed by atoms with Gasteiger partial charge in [0.25, 0.3) is 0 Å². The van der Waals surface area contributed by atoms with Gasteiger partial charge in [-0.15, -0.1) is 0 Å². The van der Waals surface area contributed by atoms with Crippen LogP contribution in [0.1, 0.15) is 19.3 Å². The molecule has 0 aliphatic carbocycles. The molecule has 0 aromatic rings. The molecule has 66 valence electrons. The quantitative estimate of drug-likeness (QED) is 0.678. The Balaban J connectivity index is 2.33. The second kappa shape index (κ2) is 4.43. The molecule has 0 aromatic carbocycles. The molecule has 1 rings (SSSR count). The lowest BCUT2D eigenvalue weighted by molar-refractivity contribution is 0.000257. The third-order valence-corrected chi connectivity index (χ3v) is 3.21. The van der Waals surface area contributed by atoms with Crippen molar-refractivity contribution in [2.24, 2.45) is 0 Å². The number of halogens is 1. The summed E-state index contributed by atoms with van der Waals surface area (Å²) in [7, 11) is 1.73. The molecule has 1 unspecified atom stereocenters. The van der Waals surface area contributed by atoms with Gasteiger partial charge in [0, 0.05) is 32.1 Å². The van der Waals surface area contributed by atoms with E-state index in [2.05, 4.69) is 15.9 Å². The molecule has 1 aliphatic rings. The molecular weight excluding hydrogens is 208 g/mol. The molecule has 2 nitrogen and oxygen atoms in total. The molecule has 1 atom stereocenters. The molecular formula is C8H15BrO2. The smallest absolute Gasteiger partial charge is 0.0801 e. The van der Waals surface area contributed by atoms with E-state index < -0.39 is 0 Å². The maximum Gasteiger partial charge on any atom is 0.0801 e. The fraction of sp³-hybridized carbons (Fsp3) is 1.00. The van der Waals surface area contributed by atoms with Gasteiger partial charge in [-0.1, -0.05) is 15.9 Å². The molecule has 0 saturated carbocycles. The average molecular weight is 223 g/mol. The van der Waals surface area contributed by atoms with Crippen LogP contribution < -0.4 is 0 Å². The summed E-state index contributed by atoms with van der Waals surface area (Å²) in [5, 5.41) is 0.934. The van der Waals surface area contributed by atoms with E-state index in [4.69, 9.17) is 9.47 Å². The minimum atomic E-state index is 0.0794. The first-order valence-electron chi connectivity index (χ1n) is 4.02. The summed E-state index contributed by atoms with van der Waals surface area (Å²) >= 11 is 3.48. The monoisotopic (exact) mass is 222 g/mol. The normalized spacial score (nSPS) is 31.1. The summed E-state index contributed by atoms with van der Waals surface area (Å²) in [6.45, 7) is 1.71. The Kier molecular flexibility index (Phi) is 3.82. The van der Waals surface area contributed by atoms with Crippen molar-refractivity contribution in [2.75, 3.05) is 25.7 Å². The van der Waals surface area contributed by atoms with Gasteiger partial charge in [0.1, 0.15) is 0 Å². The van der Waals surface area contributed by atoms with Crippen molar-refractivity contribution in [3.05, 3.63) is 0 Å². The predicted molar refractivity (Wildman–Crippen MR) is 48.2 cm³/mol. The van der Waals surface area contributed by atoms with Gasteiger partial charge in [0.15, 0.2) is 0 Å². The fourth-order valence-corrected chi connectivity index (χ4v) is 2.14. The summed E-state index contributed by atoms with van der Waals surface area (Å²) in [4.78, 5) is 0. The first-order valence-corrected chi connectivity index (χ1v) is 5.14. The lowest BCUT2D eigenvalue weighted by Gasteiger charge is -2.25. The minimum absolute atomic E-state index is 0.0794. The Morgan fingerprint density at radius 2 is 2.45 bits per heavy atom.